The van der Waals surface area contributed by atoms with Crippen LogP contribution in [-0.2, 0) is 6.42 Å². The number of hydrogen-bond acceptors (Lipinski definition) is 3. The van der Waals surface area contributed by atoms with Crippen molar-refractivity contribution in [3.63, 3.8) is 0 Å². The largest absolute Gasteiger partial charge is 0.356 e. The number of amides is 2. The molecule has 2 N–H and O–H groups in total. The Hall–Kier alpha value is -2.86. The second-order valence-corrected chi connectivity index (χ2v) is 6.48. The summed E-state index contributed by atoms with van der Waals surface area (Å²) in [6, 6.07) is 14.6. The lowest BCUT2D eigenvalue weighted by Gasteiger charge is -2.16. The molecule has 1 aliphatic heterocycles. The topological polar surface area (TPSA) is 73.8 Å². The maximum Gasteiger partial charge on any atom is 0.261 e. The van der Waals surface area contributed by atoms with Crippen LogP contribution < -0.4 is 10.6 Å². The maximum absolute atomic E-state index is 12.3. The summed E-state index contributed by atoms with van der Waals surface area (Å²) in [5, 5.41) is 7.07. The Labute approximate surface area is 163 Å². The van der Waals surface area contributed by atoms with E-state index in [2.05, 4.69) is 15.6 Å². The fourth-order valence-electron chi connectivity index (χ4n) is 2.97. The van der Waals surface area contributed by atoms with Gasteiger partial charge in [0.15, 0.2) is 5.96 Å². The van der Waals surface area contributed by atoms with Crippen LogP contribution in [0.1, 0.15) is 26.3 Å². The maximum atomic E-state index is 12.3. The van der Waals surface area contributed by atoms with Gasteiger partial charge in [0.2, 0.25) is 0 Å². The van der Waals surface area contributed by atoms with Crippen LogP contribution in [-0.4, -0.2) is 49.4 Å². The fraction of sp³-hybridized carbons (Fsp3) is 0.250. The Morgan fingerprint density at radius 2 is 1.56 bits per heavy atom. The van der Waals surface area contributed by atoms with Crippen molar-refractivity contribution in [1.29, 1.82) is 0 Å². The molecule has 0 fully saturated rings. The first-order valence-corrected chi connectivity index (χ1v) is 9.12. The standard InChI is InChI=1S/C20H21ClN4O2/c1-22-20(23-11-10-14-6-2-5-9-17(14)21)24-12-13-25-18(26)15-7-3-4-8-16(15)19(25)27/h2-9H,10-13H2,1H3,(H2,22,23,24). The summed E-state index contributed by atoms with van der Waals surface area (Å²) in [4.78, 5) is 30.1. The number of carbonyl (C=O) groups excluding carboxylic acids is 2. The molecule has 0 spiro atoms. The van der Waals surface area contributed by atoms with Gasteiger partial charge in [-0.05, 0) is 30.2 Å². The molecule has 0 bridgehead atoms. The van der Waals surface area contributed by atoms with Gasteiger partial charge in [-0.3, -0.25) is 19.5 Å². The number of guanidine groups is 1. The number of nitrogens with zero attached hydrogens (tertiary/aromatic N) is 2. The molecule has 140 valence electrons. The number of carbonyl (C=O) groups is 2. The molecule has 2 amide bonds. The molecule has 2 aromatic rings. The summed E-state index contributed by atoms with van der Waals surface area (Å²) in [6.45, 7) is 1.35. The summed E-state index contributed by atoms with van der Waals surface area (Å²) in [5.74, 6) is 0.108. The van der Waals surface area contributed by atoms with Crippen LogP contribution in [0.2, 0.25) is 5.02 Å². The summed E-state index contributed by atoms with van der Waals surface area (Å²) in [7, 11) is 1.67. The van der Waals surface area contributed by atoms with Gasteiger partial charge in [-0.25, -0.2) is 0 Å². The summed E-state index contributed by atoms with van der Waals surface area (Å²) < 4.78 is 0. The number of nitrogens with one attached hydrogen (secondary N) is 2. The zero-order valence-corrected chi connectivity index (χ0v) is 15.8. The molecule has 0 unspecified atom stereocenters. The molecular formula is C20H21ClN4O2. The molecule has 0 radical (unpaired) electrons. The predicted octanol–water partition coefficient (Wildman–Crippen LogP) is 2.34. The lowest BCUT2D eigenvalue weighted by molar-refractivity contribution is 0.0657. The minimum Gasteiger partial charge on any atom is -0.356 e. The van der Waals surface area contributed by atoms with E-state index >= 15 is 0 Å². The predicted molar refractivity (Wildman–Crippen MR) is 106 cm³/mol. The van der Waals surface area contributed by atoms with E-state index in [0.717, 1.165) is 17.0 Å². The van der Waals surface area contributed by atoms with Gasteiger partial charge in [0, 0.05) is 31.7 Å². The second kappa shape index (κ2) is 8.68. The highest BCUT2D eigenvalue weighted by molar-refractivity contribution is 6.31. The lowest BCUT2D eigenvalue weighted by atomic mass is 10.1. The first kappa shape index (κ1) is 18.9. The van der Waals surface area contributed by atoms with E-state index in [9.17, 15) is 9.59 Å². The van der Waals surface area contributed by atoms with Crippen molar-refractivity contribution in [1.82, 2.24) is 15.5 Å². The molecule has 0 saturated carbocycles. The number of halogens is 1. The molecule has 3 rings (SSSR count). The van der Waals surface area contributed by atoms with E-state index in [1.54, 1.807) is 31.3 Å². The van der Waals surface area contributed by atoms with Crippen molar-refractivity contribution in [2.75, 3.05) is 26.7 Å². The fourth-order valence-corrected chi connectivity index (χ4v) is 3.20. The van der Waals surface area contributed by atoms with Crippen LogP contribution >= 0.6 is 11.6 Å². The molecule has 0 atom stereocenters. The number of fused-ring (bicyclic) bond motifs is 1. The molecule has 27 heavy (non-hydrogen) atoms. The Morgan fingerprint density at radius 3 is 2.19 bits per heavy atom. The van der Waals surface area contributed by atoms with Gasteiger partial charge in [-0.1, -0.05) is 41.9 Å². The van der Waals surface area contributed by atoms with Gasteiger partial charge in [0.25, 0.3) is 11.8 Å². The van der Waals surface area contributed by atoms with E-state index in [-0.39, 0.29) is 18.4 Å². The highest BCUT2D eigenvalue weighted by Gasteiger charge is 2.34. The molecule has 0 saturated heterocycles. The first-order valence-electron chi connectivity index (χ1n) is 8.75. The van der Waals surface area contributed by atoms with Crippen LogP contribution in [0.3, 0.4) is 0 Å². The molecule has 1 heterocycles. The van der Waals surface area contributed by atoms with Crippen molar-refractivity contribution in [3.05, 3.63) is 70.2 Å². The quantitative estimate of drug-likeness (QED) is 0.455. The van der Waals surface area contributed by atoms with E-state index in [1.807, 2.05) is 24.3 Å². The summed E-state index contributed by atoms with van der Waals surface area (Å²) in [6.07, 6.45) is 0.763. The first-order chi connectivity index (χ1) is 13.1. The average molecular weight is 385 g/mol. The summed E-state index contributed by atoms with van der Waals surface area (Å²) in [5.41, 5.74) is 1.99. The van der Waals surface area contributed by atoms with E-state index < -0.39 is 0 Å². The van der Waals surface area contributed by atoms with Crippen LogP contribution in [0, 0.1) is 0 Å². The highest BCUT2D eigenvalue weighted by Crippen LogP contribution is 2.21. The molecular weight excluding hydrogens is 364 g/mol. The van der Waals surface area contributed by atoms with Crippen LogP contribution in [0.4, 0.5) is 0 Å². The third kappa shape index (κ3) is 4.28. The SMILES string of the molecule is CN=C(NCCc1ccccc1Cl)NCCN1C(=O)c2ccccc2C1=O. The second-order valence-electron chi connectivity index (χ2n) is 6.07. The normalized spacial score (nSPS) is 13.7. The highest BCUT2D eigenvalue weighted by atomic mass is 35.5. The van der Waals surface area contributed by atoms with Crippen molar-refractivity contribution < 1.29 is 9.59 Å². The van der Waals surface area contributed by atoms with Crippen LogP contribution in [0.25, 0.3) is 0 Å². The van der Waals surface area contributed by atoms with Gasteiger partial charge in [-0.15, -0.1) is 0 Å². The third-order valence-electron chi connectivity index (χ3n) is 4.37. The minimum absolute atomic E-state index is 0.251. The monoisotopic (exact) mass is 384 g/mol. The number of aliphatic imine (C=N–C) groups is 1. The minimum atomic E-state index is -0.251. The molecule has 1 aliphatic rings. The number of hydrogen-bond donors (Lipinski definition) is 2. The summed E-state index contributed by atoms with van der Waals surface area (Å²) >= 11 is 6.15. The van der Waals surface area contributed by atoms with E-state index in [0.29, 0.717) is 30.2 Å². The lowest BCUT2D eigenvalue weighted by Crippen LogP contribution is -2.43. The number of imide groups is 1. The molecule has 6 nitrogen and oxygen atoms in total. The van der Waals surface area contributed by atoms with Crippen LogP contribution in [0.5, 0.6) is 0 Å². The van der Waals surface area contributed by atoms with Gasteiger partial charge >= 0.3 is 0 Å². The zero-order valence-electron chi connectivity index (χ0n) is 15.0. The molecule has 7 heteroatoms. The van der Waals surface area contributed by atoms with Crippen molar-refractivity contribution >= 4 is 29.4 Å². The number of rotatable bonds is 6. The van der Waals surface area contributed by atoms with Gasteiger partial charge in [0.1, 0.15) is 0 Å². The third-order valence-corrected chi connectivity index (χ3v) is 4.74. The van der Waals surface area contributed by atoms with Crippen LogP contribution in [0.15, 0.2) is 53.5 Å². The van der Waals surface area contributed by atoms with Crippen molar-refractivity contribution in [2.24, 2.45) is 4.99 Å². The molecule has 0 aromatic heterocycles. The smallest absolute Gasteiger partial charge is 0.261 e. The Bertz CT molecular complexity index is 847. The average Bonchev–Trinajstić information content (AvgIpc) is 2.93. The Kier molecular flexibility index (Phi) is 6.08. The molecule has 0 aliphatic carbocycles. The van der Waals surface area contributed by atoms with Gasteiger partial charge in [-0.2, -0.15) is 0 Å². The molecule has 2 aromatic carbocycles. The van der Waals surface area contributed by atoms with Crippen molar-refractivity contribution in [3.8, 4) is 0 Å². The van der Waals surface area contributed by atoms with Gasteiger partial charge in [0.05, 0.1) is 11.1 Å². The Balaban J connectivity index is 1.46. The van der Waals surface area contributed by atoms with E-state index in [1.165, 1.54) is 4.90 Å². The van der Waals surface area contributed by atoms with Crippen molar-refractivity contribution in [2.45, 2.75) is 6.42 Å². The van der Waals surface area contributed by atoms with E-state index in [4.69, 9.17) is 11.6 Å². The Morgan fingerprint density at radius 1 is 0.963 bits per heavy atom. The zero-order chi connectivity index (χ0) is 19.2. The van der Waals surface area contributed by atoms with Gasteiger partial charge < -0.3 is 10.6 Å². The number of benzene rings is 2.